The molecule has 0 saturated heterocycles. The Bertz CT molecular complexity index is 773. The first-order chi connectivity index (χ1) is 9.69. The van der Waals surface area contributed by atoms with E-state index in [1.807, 2.05) is 43.5 Å². The predicted molar refractivity (Wildman–Crippen MR) is 76.7 cm³/mol. The largest absolute Gasteiger partial charge is 0.464 e. The van der Waals surface area contributed by atoms with E-state index in [1.54, 1.807) is 16.5 Å². The van der Waals surface area contributed by atoms with Crippen LogP contribution < -0.4 is 0 Å². The first kappa shape index (κ1) is 12.4. The van der Waals surface area contributed by atoms with Gasteiger partial charge in [0, 0.05) is 11.8 Å². The number of hydrogen-bond donors (Lipinski definition) is 0. The number of imidazole rings is 1. The van der Waals surface area contributed by atoms with E-state index in [9.17, 15) is 4.79 Å². The van der Waals surface area contributed by atoms with E-state index in [0.29, 0.717) is 5.69 Å². The maximum Gasteiger partial charge on any atom is 0.355 e. The molecule has 0 amide bonds. The fraction of sp³-hybridized carbons (Fsp3) is 0.125. The second-order valence-electron chi connectivity index (χ2n) is 4.62. The van der Waals surface area contributed by atoms with Crippen LogP contribution in [-0.2, 0) is 4.74 Å². The highest BCUT2D eigenvalue weighted by atomic mass is 16.5. The van der Waals surface area contributed by atoms with Crippen molar-refractivity contribution in [3.05, 3.63) is 59.9 Å². The summed E-state index contributed by atoms with van der Waals surface area (Å²) in [5.74, 6) is -0.372. The Balaban J connectivity index is 2.15. The van der Waals surface area contributed by atoms with Crippen LogP contribution in [-0.4, -0.2) is 22.5 Å². The Morgan fingerprint density at radius 1 is 1.15 bits per heavy atom. The lowest BCUT2D eigenvalue weighted by Crippen LogP contribution is -2.06. The molecule has 3 aromatic rings. The number of pyridine rings is 1. The number of esters is 1. The molecule has 0 bridgehead atoms. The molecule has 20 heavy (non-hydrogen) atoms. The van der Waals surface area contributed by atoms with Crippen molar-refractivity contribution in [1.29, 1.82) is 0 Å². The van der Waals surface area contributed by atoms with Crippen LogP contribution in [0.4, 0.5) is 0 Å². The number of aromatic nitrogens is 2. The molecule has 4 nitrogen and oxygen atoms in total. The van der Waals surface area contributed by atoms with Crippen LogP contribution in [0.25, 0.3) is 16.9 Å². The van der Waals surface area contributed by atoms with Crippen LogP contribution in [0.5, 0.6) is 0 Å². The van der Waals surface area contributed by atoms with E-state index in [0.717, 1.165) is 16.9 Å². The molecule has 0 atom stereocenters. The SMILES string of the molecule is COC(=O)c1cccc2nc(-c3ccc(C)cc3)cn12. The van der Waals surface area contributed by atoms with Crippen LogP contribution in [0.1, 0.15) is 16.1 Å². The Kier molecular flexibility index (Phi) is 2.99. The van der Waals surface area contributed by atoms with E-state index >= 15 is 0 Å². The van der Waals surface area contributed by atoms with Gasteiger partial charge in [0.2, 0.25) is 0 Å². The van der Waals surface area contributed by atoms with E-state index < -0.39 is 0 Å². The summed E-state index contributed by atoms with van der Waals surface area (Å²) in [4.78, 5) is 16.3. The minimum Gasteiger partial charge on any atom is -0.464 e. The molecule has 1 aromatic carbocycles. The summed E-state index contributed by atoms with van der Waals surface area (Å²) in [6, 6.07) is 13.5. The van der Waals surface area contributed by atoms with Gasteiger partial charge in [-0.1, -0.05) is 35.9 Å². The lowest BCUT2D eigenvalue weighted by molar-refractivity contribution is 0.0592. The third kappa shape index (κ3) is 2.05. The summed E-state index contributed by atoms with van der Waals surface area (Å²) in [7, 11) is 1.37. The van der Waals surface area contributed by atoms with Gasteiger partial charge in [0.25, 0.3) is 0 Å². The number of aryl methyl sites for hydroxylation is 1. The zero-order valence-corrected chi connectivity index (χ0v) is 11.3. The van der Waals surface area contributed by atoms with Crippen molar-refractivity contribution >= 4 is 11.6 Å². The van der Waals surface area contributed by atoms with Crippen molar-refractivity contribution in [3.63, 3.8) is 0 Å². The van der Waals surface area contributed by atoms with Crippen LogP contribution >= 0.6 is 0 Å². The lowest BCUT2D eigenvalue weighted by atomic mass is 10.1. The molecule has 0 radical (unpaired) electrons. The molecule has 2 aromatic heterocycles. The molecule has 0 aliphatic rings. The van der Waals surface area contributed by atoms with Crippen LogP contribution in [0.15, 0.2) is 48.7 Å². The van der Waals surface area contributed by atoms with Crippen molar-refractivity contribution in [2.75, 3.05) is 7.11 Å². The summed E-state index contributed by atoms with van der Waals surface area (Å²) in [6.45, 7) is 2.04. The molecular weight excluding hydrogens is 252 g/mol. The van der Waals surface area contributed by atoms with Crippen molar-refractivity contribution < 1.29 is 9.53 Å². The van der Waals surface area contributed by atoms with E-state index in [1.165, 1.54) is 12.7 Å². The van der Waals surface area contributed by atoms with Crippen molar-refractivity contribution in [3.8, 4) is 11.3 Å². The Labute approximate surface area is 116 Å². The van der Waals surface area contributed by atoms with Crippen molar-refractivity contribution in [2.45, 2.75) is 6.92 Å². The Hall–Kier alpha value is -2.62. The van der Waals surface area contributed by atoms with Gasteiger partial charge in [0.05, 0.1) is 12.8 Å². The van der Waals surface area contributed by atoms with Gasteiger partial charge < -0.3 is 4.74 Å². The molecule has 0 spiro atoms. The number of carbonyl (C=O) groups is 1. The highest BCUT2D eigenvalue weighted by Crippen LogP contribution is 2.20. The number of rotatable bonds is 2. The van der Waals surface area contributed by atoms with Gasteiger partial charge in [0.1, 0.15) is 11.3 Å². The quantitative estimate of drug-likeness (QED) is 0.669. The van der Waals surface area contributed by atoms with Gasteiger partial charge in [-0.15, -0.1) is 0 Å². The fourth-order valence-corrected chi connectivity index (χ4v) is 2.15. The minimum absolute atomic E-state index is 0.372. The predicted octanol–water partition coefficient (Wildman–Crippen LogP) is 3.10. The Morgan fingerprint density at radius 3 is 2.60 bits per heavy atom. The topological polar surface area (TPSA) is 43.6 Å². The summed E-state index contributed by atoms with van der Waals surface area (Å²) in [5, 5.41) is 0. The molecule has 0 fully saturated rings. The van der Waals surface area contributed by atoms with Gasteiger partial charge in [-0.25, -0.2) is 9.78 Å². The average molecular weight is 266 g/mol. The molecular formula is C16H14N2O2. The smallest absolute Gasteiger partial charge is 0.355 e. The molecule has 0 aliphatic heterocycles. The standard InChI is InChI=1S/C16H14N2O2/c1-11-6-8-12(9-7-11)13-10-18-14(16(19)20-2)4-3-5-15(18)17-13/h3-10H,1-2H3. The molecule has 0 aliphatic carbocycles. The second kappa shape index (κ2) is 4.81. The fourth-order valence-electron chi connectivity index (χ4n) is 2.15. The maximum atomic E-state index is 11.7. The van der Waals surface area contributed by atoms with Crippen LogP contribution in [0, 0.1) is 6.92 Å². The normalized spacial score (nSPS) is 10.7. The number of carbonyl (C=O) groups excluding carboxylic acids is 1. The van der Waals surface area contributed by atoms with Crippen LogP contribution in [0.3, 0.4) is 0 Å². The monoisotopic (exact) mass is 266 g/mol. The number of methoxy groups -OCH3 is 1. The highest BCUT2D eigenvalue weighted by Gasteiger charge is 2.12. The minimum atomic E-state index is -0.372. The van der Waals surface area contributed by atoms with Crippen molar-refractivity contribution in [1.82, 2.24) is 9.38 Å². The van der Waals surface area contributed by atoms with Gasteiger partial charge in [-0.05, 0) is 19.1 Å². The van der Waals surface area contributed by atoms with Gasteiger partial charge >= 0.3 is 5.97 Å². The first-order valence-corrected chi connectivity index (χ1v) is 6.32. The zero-order valence-electron chi connectivity index (χ0n) is 11.3. The molecule has 100 valence electrons. The average Bonchev–Trinajstić information content (AvgIpc) is 2.91. The molecule has 0 unspecified atom stereocenters. The number of nitrogens with zero attached hydrogens (tertiary/aromatic N) is 2. The maximum absolute atomic E-state index is 11.7. The summed E-state index contributed by atoms with van der Waals surface area (Å²) < 4.78 is 6.54. The molecule has 4 heteroatoms. The highest BCUT2D eigenvalue weighted by molar-refractivity contribution is 5.88. The number of ether oxygens (including phenoxy) is 1. The summed E-state index contributed by atoms with van der Waals surface area (Å²) in [6.07, 6.45) is 1.85. The van der Waals surface area contributed by atoms with E-state index in [4.69, 9.17) is 4.74 Å². The van der Waals surface area contributed by atoms with E-state index in [2.05, 4.69) is 4.98 Å². The summed E-state index contributed by atoms with van der Waals surface area (Å²) >= 11 is 0. The zero-order chi connectivity index (χ0) is 14.1. The Morgan fingerprint density at radius 2 is 1.90 bits per heavy atom. The van der Waals surface area contributed by atoms with E-state index in [-0.39, 0.29) is 5.97 Å². The lowest BCUT2D eigenvalue weighted by Gasteiger charge is -2.01. The third-order valence-corrected chi connectivity index (χ3v) is 3.23. The van der Waals surface area contributed by atoms with Gasteiger partial charge in [0.15, 0.2) is 0 Å². The molecule has 2 heterocycles. The van der Waals surface area contributed by atoms with Crippen molar-refractivity contribution in [2.24, 2.45) is 0 Å². The first-order valence-electron chi connectivity index (χ1n) is 6.32. The molecule has 0 N–H and O–H groups in total. The number of fused-ring (bicyclic) bond motifs is 1. The number of benzene rings is 1. The summed E-state index contributed by atoms with van der Waals surface area (Å²) in [5.41, 5.74) is 4.25. The van der Waals surface area contributed by atoms with Gasteiger partial charge in [-0.2, -0.15) is 0 Å². The van der Waals surface area contributed by atoms with Gasteiger partial charge in [-0.3, -0.25) is 4.40 Å². The molecule has 3 rings (SSSR count). The molecule has 0 saturated carbocycles. The third-order valence-electron chi connectivity index (χ3n) is 3.23. The second-order valence-corrected chi connectivity index (χ2v) is 4.62. The number of hydrogen-bond acceptors (Lipinski definition) is 3. The van der Waals surface area contributed by atoms with Crippen LogP contribution in [0.2, 0.25) is 0 Å².